The Kier molecular flexibility index (Phi) is 4.84. The minimum atomic E-state index is 0.422. The molecule has 0 aliphatic carbocycles. The third-order valence-electron chi connectivity index (χ3n) is 3.04. The van der Waals surface area contributed by atoms with Crippen LogP contribution in [0.5, 0.6) is 11.5 Å². The van der Waals surface area contributed by atoms with Crippen molar-refractivity contribution in [3.8, 4) is 11.5 Å². The second kappa shape index (κ2) is 6.61. The van der Waals surface area contributed by atoms with Gasteiger partial charge in [0.25, 0.3) is 0 Å². The van der Waals surface area contributed by atoms with Crippen LogP contribution < -0.4 is 14.8 Å². The first kappa shape index (κ1) is 13.2. The number of para-hydroxylation sites is 1. The van der Waals surface area contributed by atoms with Gasteiger partial charge in [-0.25, -0.2) is 0 Å². The number of hydrogen-bond acceptors (Lipinski definition) is 4. The standard InChI is InChI=1S/C14H21NO3/c1-11(6-7-16-2)15-10-12-4-3-5-13-14(12)18-9-8-17-13/h3-5,11,15H,6-10H2,1-2H3. The fourth-order valence-electron chi connectivity index (χ4n) is 1.95. The second-order valence-electron chi connectivity index (χ2n) is 4.50. The molecule has 1 N–H and O–H groups in total. The highest BCUT2D eigenvalue weighted by Crippen LogP contribution is 2.33. The number of methoxy groups -OCH3 is 1. The summed E-state index contributed by atoms with van der Waals surface area (Å²) in [5, 5.41) is 3.47. The van der Waals surface area contributed by atoms with Gasteiger partial charge in [-0.2, -0.15) is 0 Å². The van der Waals surface area contributed by atoms with Gasteiger partial charge in [0.15, 0.2) is 11.5 Å². The predicted octanol–water partition coefficient (Wildman–Crippen LogP) is 1.97. The summed E-state index contributed by atoms with van der Waals surface area (Å²) in [6, 6.07) is 6.45. The molecule has 1 heterocycles. The minimum Gasteiger partial charge on any atom is -0.486 e. The van der Waals surface area contributed by atoms with Crippen molar-refractivity contribution in [2.75, 3.05) is 26.9 Å². The van der Waals surface area contributed by atoms with Crippen LogP contribution in [0, 0.1) is 0 Å². The van der Waals surface area contributed by atoms with Gasteiger partial charge in [0.1, 0.15) is 13.2 Å². The van der Waals surface area contributed by atoms with Crippen molar-refractivity contribution in [3.63, 3.8) is 0 Å². The monoisotopic (exact) mass is 251 g/mol. The van der Waals surface area contributed by atoms with Crippen LogP contribution in [-0.4, -0.2) is 33.0 Å². The average molecular weight is 251 g/mol. The average Bonchev–Trinajstić information content (AvgIpc) is 2.42. The number of benzene rings is 1. The van der Waals surface area contributed by atoms with E-state index in [1.54, 1.807) is 7.11 Å². The third-order valence-corrected chi connectivity index (χ3v) is 3.04. The fraction of sp³-hybridized carbons (Fsp3) is 0.571. The molecule has 1 aliphatic heterocycles. The topological polar surface area (TPSA) is 39.7 Å². The predicted molar refractivity (Wildman–Crippen MR) is 70.2 cm³/mol. The third kappa shape index (κ3) is 3.37. The van der Waals surface area contributed by atoms with E-state index >= 15 is 0 Å². The highest BCUT2D eigenvalue weighted by molar-refractivity contribution is 5.47. The van der Waals surface area contributed by atoms with E-state index in [2.05, 4.69) is 18.3 Å². The molecule has 1 atom stereocenters. The van der Waals surface area contributed by atoms with Crippen LogP contribution in [0.15, 0.2) is 18.2 Å². The molecule has 1 aromatic rings. The van der Waals surface area contributed by atoms with Crippen molar-refractivity contribution < 1.29 is 14.2 Å². The number of nitrogens with one attached hydrogen (secondary N) is 1. The van der Waals surface area contributed by atoms with Crippen LogP contribution in [0.1, 0.15) is 18.9 Å². The van der Waals surface area contributed by atoms with E-state index in [0.717, 1.165) is 36.6 Å². The first-order chi connectivity index (χ1) is 8.81. The highest BCUT2D eigenvalue weighted by Gasteiger charge is 2.15. The van der Waals surface area contributed by atoms with Gasteiger partial charge in [-0.15, -0.1) is 0 Å². The Balaban J connectivity index is 1.93. The molecule has 0 aromatic heterocycles. The Bertz CT molecular complexity index is 381. The summed E-state index contributed by atoms with van der Waals surface area (Å²) in [6.45, 7) is 4.99. The first-order valence-corrected chi connectivity index (χ1v) is 6.41. The van der Waals surface area contributed by atoms with Gasteiger partial charge in [0.2, 0.25) is 0 Å². The van der Waals surface area contributed by atoms with Gasteiger partial charge in [0, 0.05) is 31.9 Å². The maximum atomic E-state index is 5.68. The number of rotatable bonds is 6. The molecule has 0 fully saturated rings. The molecule has 100 valence electrons. The van der Waals surface area contributed by atoms with E-state index in [0.29, 0.717) is 19.3 Å². The van der Waals surface area contributed by atoms with Crippen LogP contribution in [0.4, 0.5) is 0 Å². The molecular formula is C14H21NO3. The molecule has 4 nitrogen and oxygen atoms in total. The quantitative estimate of drug-likeness (QED) is 0.839. The number of hydrogen-bond donors (Lipinski definition) is 1. The lowest BCUT2D eigenvalue weighted by atomic mass is 10.1. The summed E-state index contributed by atoms with van der Waals surface area (Å²) in [5.74, 6) is 1.74. The van der Waals surface area contributed by atoms with E-state index < -0.39 is 0 Å². The summed E-state index contributed by atoms with van der Waals surface area (Å²) in [4.78, 5) is 0. The van der Waals surface area contributed by atoms with Crippen LogP contribution in [0.2, 0.25) is 0 Å². The van der Waals surface area contributed by atoms with Crippen molar-refractivity contribution in [2.24, 2.45) is 0 Å². The molecule has 0 spiro atoms. The lowest BCUT2D eigenvalue weighted by molar-refractivity contribution is 0.169. The summed E-state index contributed by atoms with van der Waals surface area (Å²) in [5.41, 5.74) is 1.15. The van der Waals surface area contributed by atoms with Gasteiger partial charge in [0.05, 0.1) is 0 Å². The summed E-state index contributed by atoms with van der Waals surface area (Å²) >= 11 is 0. The van der Waals surface area contributed by atoms with Gasteiger partial charge < -0.3 is 19.5 Å². The summed E-state index contributed by atoms with van der Waals surface area (Å²) < 4.78 is 16.3. The van der Waals surface area contributed by atoms with E-state index in [4.69, 9.17) is 14.2 Å². The SMILES string of the molecule is COCCC(C)NCc1cccc2c1OCCO2. The van der Waals surface area contributed by atoms with Crippen molar-refractivity contribution in [3.05, 3.63) is 23.8 Å². The van der Waals surface area contributed by atoms with Crippen LogP contribution in [-0.2, 0) is 11.3 Å². The molecule has 0 amide bonds. The Morgan fingerprint density at radius 1 is 1.33 bits per heavy atom. The van der Waals surface area contributed by atoms with Crippen LogP contribution in [0.3, 0.4) is 0 Å². The molecule has 0 saturated heterocycles. The maximum Gasteiger partial charge on any atom is 0.165 e. The normalized spacial score (nSPS) is 15.4. The summed E-state index contributed by atoms with van der Waals surface area (Å²) in [7, 11) is 1.73. The summed E-state index contributed by atoms with van der Waals surface area (Å²) in [6.07, 6.45) is 1.00. The fourth-order valence-corrected chi connectivity index (χ4v) is 1.95. The number of ether oxygens (including phenoxy) is 3. The molecule has 0 saturated carbocycles. The van der Waals surface area contributed by atoms with Crippen molar-refractivity contribution in [1.29, 1.82) is 0 Å². The largest absolute Gasteiger partial charge is 0.486 e. The van der Waals surface area contributed by atoms with Gasteiger partial charge in [-0.05, 0) is 19.4 Å². The second-order valence-corrected chi connectivity index (χ2v) is 4.50. The van der Waals surface area contributed by atoms with Crippen molar-refractivity contribution in [2.45, 2.75) is 25.9 Å². The lowest BCUT2D eigenvalue weighted by Crippen LogP contribution is -2.27. The van der Waals surface area contributed by atoms with Gasteiger partial charge in [-0.3, -0.25) is 0 Å². The Morgan fingerprint density at radius 3 is 3.00 bits per heavy atom. The van der Waals surface area contributed by atoms with Crippen molar-refractivity contribution >= 4 is 0 Å². The molecule has 18 heavy (non-hydrogen) atoms. The number of fused-ring (bicyclic) bond motifs is 1. The molecule has 4 heteroatoms. The van der Waals surface area contributed by atoms with Gasteiger partial charge >= 0.3 is 0 Å². The van der Waals surface area contributed by atoms with E-state index in [9.17, 15) is 0 Å². The molecule has 1 aromatic carbocycles. The van der Waals surface area contributed by atoms with E-state index in [1.807, 2.05) is 12.1 Å². The Hall–Kier alpha value is -1.26. The highest BCUT2D eigenvalue weighted by atomic mass is 16.6. The van der Waals surface area contributed by atoms with E-state index in [-0.39, 0.29) is 0 Å². The van der Waals surface area contributed by atoms with E-state index in [1.165, 1.54) is 0 Å². The minimum absolute atomic E-state index is 0.422. The van der Waals surface area contributed by atoms with Crippen LogP contribution in [0.25, 0.3) is 0 Å². The van der Waals surface area contributed by atoms with Gasteiger partial charge in [-0.1, -0.05) is 12.1 Å². The Morgan fingerprint density at radius 2 is 2.17 bits per heavy atom. The van der Waals surface area contributed by atoms with Crippen molar-refractivity contribution in [1.82, 2.24) is 5.32 Å². The molecule has 1 unspecified atom stereocenters. The smallest absolute Gasteiger partial charge is 0.165 e. The zero-order valence-electron chi connectivity index (χ0n) is 11.1. The first-order valence-electron chi connectivity index (χ1n) is 6.41. The Labute approximate surface area is 108 Å². The lowest BCUT2D eigenvalue weighted by Gasteiger charge is -2.22. The zero-order chi connectivity index (χ0) is 12.8. The molecular weight excluding hydrogens is 230 g/mol. The molecule has 0 bridgehead atoms. The molecule has 0 radical (unpaired) electrons. The zero-order valence-corrected chi connectivity index (χ0v) is 11.1. The maximum absolute atomic E-state index is 5.68. The molecule has 2 rings (SSSR count). The van der Waals surface area contributed by atoms with Crippen LogP contribution >= 0.6 is 0 Å². The molecule has 1 aliphatic rings.